The molecular weight excluding hydrogens is 531 g/mol. The SMILES string of the molecule is CCOc1ccc2oc(C(=O)N/N=C/c3cc(OCC)c(OCc4ccccc4F)cc3Br)cc2c1. The van der Waals surface area contributed by atoms with Crippen molar-refractivity contribution in [1.29, 1.82) is 0 Å². The van der Waals surface area contributed by atoms with Crippen LogP contribution in [0.3, 0.4) is 0 Å². The molecule has 0 fully saturated rings. The Morgan fingerprint density at radius 3 is 2.58 bits per heavy atom. The Balaban J connectivity index is 1.46. The standard InChI is InChI=1S/C27H24BrFN2O5/c1-3-33-20-9-10-23-18(11-20)12-26(36-23)27(32)31-30-15-19-13-24(34-4-2)25(14-21(19)28)35-16-17-7-5-6-8-22(17)29/h5-15H,3-4,16H2,1-2H3,(H,31,32)/b30-15+. The number of carbonyl (C=O) groups is 1. The van der Waals surface area contributed by atoms with Gasteiger partial charge in [-0.3, -0.25) is 4.79 Å². The molecule has 9 heteroatoms. The number of hydrazone groups is 1. The molecule has 1 heterocycles. The second-order valence-electron chi connectivity index (χ2n) is 7.58. The molecule has 7 nitrogen and oxygen atoms in total. The lowest BCUT2D eigenvalue weighted by molar-refractivity contribution is 0.0929. The summed E-state index contributed by atoms with van der Waals surface area (Å²) in [7, 11) is 0. The number of ether oxygens (including phenoxy) is 3. The monoisotopic (exact) mass is 554 g/mol. The summed E-state index contributed by atoms with van der Waals surface area (Å²) in [5, 5.41) is 4.80. The van der Waals surface area contributed by atoms with E-state index in [1.54, 1.807) is 48.5 Å². The van der Waals surface area contributed by atoms with Crippen molar-refractivity contribution in [3.05, 3.63) is 87.8 Å². The van der Waals surface area contributed by atoms with E-state index in [-0.39, 0.29) is 18.2 Å². The van der Waals surface area contributed by atoms with Crippen LogP contribution < -0.4 is 19.6 Å². The number of amides is 1. The third-order valence-corrected chi connectivity index (χ3v) is 5.78. The summed E-state index contributed by atoms with van der Waals surface area (Å²) >= 11 is 3.48. The molecule has 0 saturated heterocycles. The maximum Gasteiger partial charge on any atom is 0.307 e. The second-order valence-corrected chi connectivity index (χ2v) is 8.43. The Kier molecular flexibility index (Phi) is 8.22. The molecule has 0 aliphatic rings. The van der Waals surface area contributed by atoms with Gasteiger partial charge < -0.3 is 18.6 Å². The van der Waals surface area contributed by atoms with E-state index >= 15 is 0 Å². The Morgan fingerprint density at radius 2 is 1.81 bits per heavy atom. The molecule has 3 aromatic carbocycles. The van der Waals surface area contributed by atoms with Crippen molar-refractivity contribution >= 4 is 39.0 Å². The normalized spacial score (nSPS) is 11.1. The quantitative estimate of drug-likeness (QED) is 0.179. The number of hydrogen-bond acceptors (Lipinski definition) is 6. The molecule has 0 aliphatic heterocycles. The number of rotatable bonds is 10. The summed E-state index contributed by atoms with van der Waals surface area (Å²) in [6, 6.07) is 16.8. The van der Waals surface area contributed by atoms with Gasteiger partial charge in [0.05, 0.1) is 19.4 Å². The molecule has 0 spiro atoms. The van der Waals surface area contributed by atoms with Crippen molar-refractivity contribution in [2.24, 2.45) is 5.10 Å². The van der Waals surface area contributed by atoms with E-state index in [0.29, 0.717) is 51.6 Å². The molecule has 0 atom stereocenters. The van der Waals surface area contributed by atoms with Crippen LogP contribution in [0.4, 0.5) is 4.39 Å². The predicted molar refractivity (Wildman–Crippen MR) is 138 cm³/mol. The van der Waals surface area contributed by atoms with Crippen molar-refractivity contribution in [3.63, 3.8) is 0 Å². The fraction of sp³-hybridized carbons (Fsp3) is 0.185. The summed E-state index contributed by atoms with van der Waals surface area (Å²) in [6.07, 6.45) is 1.47. The number of halogens is 2. The van der Waals surface area contributed by atoms with Gasteiger partial charge in [-0.25, -0.2) is 9.82 Å². The highest BCUT2D eigenvalue weighted by atomic mass is 79.9. The molecule has 0 aliphatic carbocycles. The van der Waals surface area contributed by atoms with Crippen molar-refractivity contribution in [3.8, 4) is 17.2 Å². The van der Waals surface area contributed by atoms with Crippen molar-refractivity contribution in [2.45, 2.75) is 20.5 Å². The number of nitrogens with one attached hydrogen (secondary N) is 1. The topological polar surface area (TPSA) is 82.3 Å². The molecule has 1 aromatic heterocycles. The average Bonchev–Trinajstić information content (AvgIpc) is 3.29. The molecule has 36 heavy (non-hydrogen) atoms. The maximum atomic E-state index is 13.9. The number of nitrogens with zero attached hydrogens (tertiary/aromatic N) is 1. The molecule has 4 rings (SSSR count). The number of fused-ring (bicyclic) bond motifs is 1. The summed E-state index contributed by atoms with van der Waals surface area (Å²) in [6.45, 7) is 4.75. The third kappa shape index (κ3) is 6.04. The first-order valence-electron chi connectivity index (χ1n) is 11.3. The van der Waals surface area contributed by atoms with Gasteiger partial charge in [0, 0.05) is 21.0 Å². The fourth-order valence-electron chi connectivity index (χ4n) is 3.41. The van der Waals surface area contributed by atoms with Crippen LogP contribution in [0.25, 0.3) is 11.0 Å². The van der Waals surface area contributed by atoms with Crippen LogP contribution in [0.2, 0.25) is 0 Å². The summed E-state index contributed by atoms with van der Waals surface area (Å²) in [5.41, 5.74) is 4.11. The lowest BCUT2D eigenvalue weighted by atomic mass is 10.2. The average molecular weight is 555 g/mol. The van der Waals surface area contributed by atoms with Gasteiger partial charge in [0.1, 0.15) is 23.8 Å². The number of hydrogen-bond donors (Lipinski definition) is 1. The second kappa shape index (κ2) is 11.7. The van der Waals surface area contributed by atoms with Crippen molar-refractivity contribution < 1.29 is 27.8 Å². The lowest BCUT2D eigenvalue weighted by Gasteiger charge is -2.14. The summed E-state index contributed by atoms with van der Waals surface area (Å²) in [5.74, 6) is 0.905. The highest BCUT2D eigenvalue weighted by Crippen LogP contribution is 2.34. The van der Waals surface area contributed by atoms with Gasteiger partial charge >= 0.3 is 5.91 Å². The van der Waals surface area contributed by atoms with Gasteiger partial charge in [0.25, 0.3) is 0 Å². The minimum absolute atomic E-state index is 0.0479. The van der Waals surface area contributed by atoms with Crippen LogP contribution in [0.15, 0.2) is 74.7 Å². The zero-order valence-corrected chi connectivity index (χ0v) is 21.3. The van der Waals surface area contributed by atoms with E-state index in [0.717, 1.165) is 5.39 Å². The van der Waals surface area contributed by atoms with Crippen LogP contribution in [0.1, 0.15) is 35.5 Å². The van der Waals surface area contributed by atoms with Gasteiger partial charge in [-0.1, -0.05) is 18.2 Å². The van der Waals surface area contributed by atoms with E-state index < -0.39 is 5.91 Å². The number of carbonyl (C=O) groups excluding carboxylic acids is 1. The minimum atomic E-state index is -0.494. The largest absolute Gasteiger partial charge is 0.494 e. The van der Waals surface area contributed by atoms with Crippen LogP contribution in [-0.4, -0.2) is 25.3 Å². The molecule has 1 amide bonds. The first-order valence-corrected chi connectivity index (χ1v) is 12.1. The molecule has 0 unspecified atom stereocenters. The fourth-order valence-corrected chi connectivity index (χ4v) is 3.83. The number of benzene rings is 3. The molecule has 4 aromatic rings. The van der Waals surface area contributed by atoms with Crippen molar-refractivity contribution in [1.82, 2.24) is 5.43 Å². The van der Waals surface area contributed by atoms with Crippen LogP contribution in [-0.2, 0) is 6.61 Å². The molecule has 0 bridgehead atoms. The zero-order valence-electron chi connectivity index (χ0n) is 19.7. The Labute approximate surface area is 216 Å². The predicted octanol–water partition coefficient (Wildman–Crippen LogP) is 6.47. The zero-order chi connectivity index (χ0) is 25.5. The van der Waals surface area contributed by atoms with Crippen molar-refractivity contribution in [2.75, 3.05) is 13.2 Å². The van der Waals surface area contributed by atoms with Gasteiger partial charge in [-0.15, -0.1) is 0 Å². The van der Waals surface area contributed by atoms with E-state index in [9.17, 15) is 9.18 Å². The smallest absolute Gasteiger partial charge is 0.307 e. The first kappa shape index (κ1) is 25.2. The summed E-state index contributed by atoms with van der Waals surface area (Å²) in [4.78, 5) is 12.5. The molecule has 1 N–H and O–H groups in total. The van der Waals surface area contributed by atoms with E-state index in [4.69, 9.17) is 18.6 Å². The molecule has 0 saturated carbocycles. The van der Waals surface area contributed by atoms with Gasteiger partial charge in [0.2, 0.25) is 0 Å². The number of furan rings is 1. The first-order chi connectivity index (χ1) is 17.5. The van der Waals surface area contributed by atoms with E-state index in [1.807, 2.05) is 19.9 Å². The minimum Gasteiger partial charge on any atom is -0.494 e. The Morgan fingerprint density at radius 1 is 1.03 bits per heavy atom. The van der Waals surface area contributed by atoms with E-state index in [1.165, 1.54) is 12.3 Å². The van der Waals surface area contributed by atoms with Crippen LogP contribution in [0.5, 0.6) is 17.2 Å². The molecular formula is C27H24BrFN2O5. The van der Waals surface area contributed by atoms with Gasteiger partial charge in [-0.05, 0) is 72.2 Å². The van der Waals surface area contributed by atoms with Crippen LogP contribution >= 0.6 is 15.9 Å². The van der Waals surface area contributed by atoms with Crippen LogP contribution in [0, 0.1) is 5.82 Å². The highest BCUT2D eigenvalue weighted by Gasteiger charge is 2.14. The third-order valence-electron chi connectivity index (χ3n) is 5.10. The summed E-state index contributed by atoms with van der Waals surface area (Å²) < 4.78 is 37.2. The Bertz CT molecular complexity index is 1400. The molecule has 186 valence electrons. The van der Waals surface area contributed by atoms with Gasteiger partial charge in [-0.2, -0.15) is 5.10 Å². The molecule has 0 radical (unpaired) electrons. The van der Waals surface area contributed by atoms with Gasteiger partial charge in [0.15, 0.2) is 17.3 Å². The lowest BCUT2D eigenvalue weighted by Crippen LogP contribution is -2.16. The van der Waals surface area contributed by atoms with E-state index in [2.05, 4.69) is 26.5 Å². The maximum absolute atomic E-state index is 13.9. The Hall–Kier alpha value is -3.85. The highest BCUT2D eigenvalue weighted by molar-refractivity contribution is 9.10.